The fraction of sp³-hybridized carbons (Fsp3) is 0.419. The second-order valence-corrected chi connectivity index (χ2v) is 13.1. The van der Waals surface area contributed by atoms with Crippen LogP contribution >= 0.6 is 0 Å². The van der Waals surface area contributed by atoms with Crippen LogP contribution in [0.2, 0.25) is 0 Å². The largest absolute Gasteiger partial charge is 0.369 e. The molecule has 0 fully saturated rings. The van der Waals surface area contributed by atoms with Crippen LogP contribution in [0.25, 0.3) is 0 Å². The molecule has 0 amide bonds. The molecule has 41 heavy (non-hydrogen) atoms. The van der Waals surface area contributed by atoms with Gasteiger partial charge in [0.05, 0.1) is 15.9 Å². The molecule has 9 nitrogen and oxygen atoms in total. The fourth-order valence-electron chi connectivity index (χ4n) is 5.41. The molecule has 1 N–H and O–H groups in total. The molecule has 1 aliphatic carbocycles. The Morgan fingerprint density at radius 1 is 0.805 bits per heavy atom. The molecule has 0 atom stereocenters. The molecule has 0 unspecified atom stereocenters. The lowest BCUT2D eigenvalue weighted by Gasteiger charge is -2.25. The summed E-state index contributed by atoms with van der Waals surface area (Å²) in [7, 11) is 3.86. The Bertz CT molecular complexity index is 1400. The lowest BCUT2D eigenvalue weighted by atomic mass is 9.94. The molecule has 0 bridgehead atoms. The molecule has 0 aliphatic heterocycles. The maximum absolute atomic E-state index is 13.8. The van der Waals surface area contributed by atoms with E-state index in [0.717, 1.165) is 37.1 Å². The van der Waals surface area contributed by atoms with E-state index in [-0.39, 0.29) is 22.3 Å². The Labute approximate surface area is 244 Å². The first-order valence-corrected chi connectivity index (χ1v) is 15.5. The zero-order valence-corrected chi connectivity index (χ0v) is 25.2. The number of fused-ring (bicyclic) bond motifs is 2. The Hall–Kier alpha value is -3.31. The molecule has 220 valence electrons. The van der Waals surface area contributed by atoms with E-state index in [9.17, 15) is 18.5 Å². The molecule has 4 rings (SSSR count). The molecule has 0 heterocycles. The summed E-state index contributed by atoms with van der Waals surface area (Å²) in [5.41, 5.74) is 4.54. The van der Waals surface area contributed by atoms with Crippen LogP contribution < -0.4 is 5.32 Å². The van der Waals surface area contributed by atoms with Gasteiger partial charge in [0, 0.05) is 19.2 Å². The van der Waals surface area contributed by atoms with E-state index >= 15 is 0 Å². The van der Waals surface area contributed by atoms with Crippen molar-refractivity contribution in [1.82, 2.24) is 14.1 Å². The molecule has 10 heteroatoms. The van der Waals surface area contributed by atoms with Gasteiger partial charge in [-0.25, -0.2) is 8.42 Å². The van der Waals surface area contributed by atoms with E-state index in [2.05, 4.69) is 29.6 Å². The van der Waals surface area contributed by atoms with Crippen LogP contribution in [0.5, 0.6) is 0 Å². The Morgan fingerprint density at radius 3 is 1.80 bits per heavy atom. The maximum Gasteiger partial charge on any atom is 0.293 e. The van der Waals surface area contributed by atoms with Crippen molar-refractivity contribution in [3.05, 3.63) is 99.1 Å². The Kier molecular flexibility index (Phi) is 10.1. The van der Waals surface area contributed by atoms with Crippen molar-refractivity contribution in [2.24, 2.45) is 0 Å². The predicted octanol–water partition coefficient (Wildman–Crippen LogP) is 4.79. The third-order valence-corrected chi connectivity index (χ3v) is 9.42. The highest BCUT2D eigenvalue weighted by Crippen LogP contribution is 2.38. The molecule has 3 aromatic carbocycles. The number of hydrogen-bond donors (Lipinski definition) is 1. The van der Waals surface area contributed by atoms with Gasteiger partial charge in [0.25, 0.3) is 5.69 Å². The zero-order valence-electron chi connectivity index (χ0n) is 24.4. The first kappa shape index (κ1) is 30.6. The van der Waals surface area contributed by atoms with E-state index in [1.165, 1.54) is 27.6 Å². The average molecular weight is 580 g/mol. The summed E-state index contributed by atoms with van der Waals surface area (Å²) >= 11 is 0. The van der Waals surface area contributed by atoms with Crippen molar-refractivity contribution in [2.45, 2.75) is 36.6 Å². The number of nitrogens with one attached hydrogen (secondary N) is 1. The summed E-state index contributed by atoms with van der Waals surface area (Å²) in [4.78, 5) is 15.8. The maximum atomic E-state index is 13.8. The number of sulfonamides is 1. The number of benzene rings is 3. The van der Waals surface area contributed by atoms with Gasteiger partial charge in [0.1, 0.15) is 5.69 Å². The van der Waals surface area contributed by atoms with Crippen LogP contribution in [-0.2, 0) is 22.9 Å². The van der Waals surface area contributed by atoms with Gasteiger partial charge < -0.3 is 15.1 Å². The number of nitro groups is 1. The van der Waals surface area contributed by atoms with Crippen molar-refractivity contribution >= 4 is 21.4 Å². The van der Waals surface area contributed by atoms with E-state index < -0.39 is 14.9 Å². The van der Waals surface area contributed by atoms with Gasteiger partial charge in [0.15, 0.2) is 0 Å². The van der Waals surface area contributed by atoms with Crippen molar-refractivity contribution in [2.75, 3.05) is 59.7 Å². The lowest BCUT2D eigenvalue weighted by Crippen LogP contribution is -2.35. The SMILES string of the molecule is CN(C)CCCN(CCCN(C)C)S(=O)(=O)c1ccc(NC2c3ccccc3CCc3ccccc32)c([N+](=O)[O-])c1. The molecule has 0 spiro atoms. The van der Waals surface area contributed by atoms with Gasteiger partial charge in [-0.15, -0.1) is 0 Å². The highest BCUT2D eigenvalue weighted by molar-refractivity contribution is 7.89. The van der Waals surface area contributed by atoms with Gasteiger partial charge in [-0.05, 0) is 101 Å². The zero-order chi connectivity index (χ0) is 29.6. The highest BCUT2D eigenvalue weighted by atomic mass is 32.2. The van der Waals surface area contributed by atoms with Crippen LogP contribution in [0, 0.1) is 10.1 Å². The summed E-state index contributed by atoms with van der Waals surface area (Å²) in [5, 5.41) is 15.7. The number of aryl methyl sites for hydroxylation is 2. The van der Waals surface area contributed by atoms with Crippen molar-refractivity contribution in [3.63, 3.8) is 0 Å². The molecule has 3 aromatic rings. The molecular weight excluding hydrogens is 538 g/mol. The number of rotatable bonds is 13. The minimum atomic E-state index is -3.94. The number of hydrogen-bond acceptors (Lipinski definition) is 7. The predicted molar refractivity (Wildman–Crippen MR) is 164 cm³/mol. The molecule has 0 radical (unpaired) electrons. The van der Waals surface area contributed by atoms with Crippen LogP contribution in [0.4, 0.5) is 11.4 Å². The quantitative estimate of drug-likeness (QED) is 0.230. The first-order valence-electron chi connectivity index (χ1n) is 14.1. The molecule has 0 saturated carbocycles. The second-order valence-electron chi connectivity index (χ2n) is 11.1. The van der Waals surface area contributed by atoms with E-state index in [4.69, 9.17) is 0 Å². The number of nitrogens with zero attached hydrogens (tertiary/aromatic N) is 4. The highest BCUT2D eigenvalue weighted by Gasteiger charge is 2.30. The summed E-state index contributed by atoms with van der Waals surface area (Å²) in [5.74, 6) is 0. The topological polar surface area (TPSA) is 99.0 Å². The normalized spacial score (nSPS) is 13.7. The smallest absolute Gasteiger partial charge is 0.293 e. The lowest BCUT2D eigenvalue weighted by molar-refractivity contribution is -0.384. The van der Waals surface area contributed by atoms with E-state index in [0.29, 0.717) is 25.9 Å². The van der Waals surface area contributed by atoms with Crippen LogP contribution in [0.1, 0.15) is 41.1 Å². The molecule has 0 aromatic heterocycles. The van der Waals surface area contributed by atoms with E-state index in [1.54, 1.807) is 6.07 Å². The van der Waals surface area contributed by atoms with Crippen molar-refractivity contribution in [1.29, 1.82) is 0 Å². The fourth-order valence-corrected chi connectivity index (χ4v) is 6.95. The van der Waals surface area contributed by atoms with Crippen LogP contribution in [0.3, 0.4) is 0 Å². The van der Waals surface area contributed by atoms with Gasteiger partial charge in [-0.3, -0.25) is 10.1 Å². The average Bonchev–Trinajstić information content (AvgIpc) is 3.09. The third-order valence-electron chi connectivity index (χ3n) is 7.53. The summed E-state index contributed by atoms with van der Waals surface area (Å²) < 4.78 is 29.0. The van der Waals surface area contributed by atoms with E-state index in [1.807, 2.05) is 62.3 Å². The third kappa shape index (κ3) is 7.51. The molecule has 1 aliphatic rings. The van der Waals surface area contributed by atoms with Crippen molar-refractivity contribution in [3.8, 4) is 0 Å². The van der Waals surface area contributed by atoms with Gasteiger partial charge in [-0.1, -0.05) is 48.5 Å². The van der Waals surface area contributed by atoms with Gasteiger partial charge in [-0.2, -0.15) is 4.31 Å². The minimum absolute atomic E-state index is 0.0638. The Balaban J connectivity index is 1.69. The monoisotopic (exact) mass is 579 g/mol. The standard InChI is InChI=1S/C31H41N5O4S/c1-33(2)19-9-21-35(22-10-20-34(3)4)41(39,40)26-17-18-29(30(23-26)36(37)38)32-31-27-13-7-5-11-24(27)15-16-25-12-6-8-14-28(25)31/h5-8,11-14,17-18,23,31-32H,9-10,15-16,19-22H2,1-4H3. The van der Waals surface area contributed by atoms with Gasteiger partial charge >= 0.3 is 0 Å². The minimum Gasteiger partial charge on any atom is -0.369 e. The number of anilines is 1. The van der Waals surface area contributed by atoms with Crippen LogP contribution in [0.15, 0.2) is 71.6 Å². The van der Waals surface area contributed by atoms with Gasteiger partial charge in [0.2, 0.25) is 10.0 Å². The van der Waals surface area contributed by atoms with Crippen molar-refractivity contribution < 1.29 is 13.3 Å². The summed E-state index contributed by atoms with van der Waals surface area (Å²) in [6, 6.07) is 20.2. The summed E-state index contributed by atoms with van der Waals surface area (Å²) in [6.07, 6.45) is 3.08. The van der Waals surface area contributed by atoms with Crippen LogP contribution in [-0.4, -0.2) is 81.8 Å². The Morgan fingerprint density at radius 2 is 1.32 bits per heavy atom. The molecule has 0 saturated heterocycles. The molecular formula is C31H41N5O4S. The first-order chi connectivity index (χ1) is 19.6. The second kappa shape index (κ2) is 13.6. The summed E-state index contributed by atoms with van der Waals surface area (Å²) in [6.45, 7) is 2.18. The number of nitro benzene ring substituents is 1.